The minimum absolute atomic E-state index is 0.00641. The van der Waals surface area contributed by atoms with E-state index in [4.69, 9.17) is 4.74 Å². The van der Waals surface area contributed by atoms with E-state index in [1.165, 1.54) is 37.2 Å². The molecule has 1 unspecified atom stereocenters. The first kappa shape index (κ1) is 35.3. The lowest BCUT2D eigenvalue weighted by molar-refractivity contribution is -0.134. The summed E-state index contributed by atoms with van der Waals surface area (Å²) in [4.78, 5) is 68.9. The van der Waals surface area contributed by atoms with Crippen LogP contribution in [0.2, 0.25) is 0 Å². The normalized spacial score (nSPS) is 12.3. The number of carbonyl (C=O) groups excluding carboxylic acids is 3. The first-order chi connectivity index (χ1) is 21.5. The van der Waals surface area contributed by atoms with Gasteiger partial charge in [0, 0.05) is 40.0 Å². The quantitative estimate of drug-likeness (QED) is 0.234. The van der Waals surface area contributed by atoms with Crippen molar-refractivity contribution in [2.75, 3.05) is 33.5 Å². The van der Waals surface area contributed by atoms with Crippen LogP contribution >= 0.6 is 0 Å². The molecule has 46 heavy (non-hydrogen) atoms. The van der Waals surface area contributed by atoms with Gasteiger partial charge in [-0.15, -0.1) is 0 Å². The molecule has 0 saturated carbocycles. The highest BCUT2D eigenvalue weighted by atomic mass is 19.4. The van der Waals surface area contributed by atoms with E-state index in [1.807, 2.05) is 0 Å². The Morgan fingerprint density at radius 1 is 1.11 bits per heavy atom. The number of likely N-dealkylation sites (N-methyl/N-ethyl adjacent to an activating group) is 1. The number of carbonyl (C=O) groups is 4. The Morgan fingerprint density at radius 3 is 2.41 bits per heavy atom. The van der Waals surface area contributed by atoms with Gasteiger partial charge in [-0.3, -0.25) is 19.0 Å². The van der Waals surface area contributed by atoms with Crippen LogP contribution in [0.1, 0.15) is 30.5 Å². The van der Waals surface area contributed by atoms with Crippen LogP contribution in [-0.4, -0.2) is 93.5 Å². The van der Waals surface area contributed by atoms with Crippen molar-refractivity contribution < 1.29 is 46.6 Å². The average molecular weight is 653 g/mol. The van der Waals surface area contributed by atoms with Crippen molar-refractivity contribution in [1.82, 2.24) is 23.9 Å². The second-order valence-electron chi connectivity index (χ2n) is 10.6. The Morgan fingerprint density at radius 2 is 1.80 bits per heavy atom. The van der Waals surface area contributed by atoms with E-state index < -0.39 is 61.1 Å². The first-order valence-corrected chi connectivity index (χ1v) is 13.7. The maximum absolute atomic E-state index is 14.3. The zero-order valence-corrected chi connectivity index (χ0v) is 25.3. The maximum Gasteiger partial charge on any atom is 0.416 e. The standard InChI is InChI=1S/C29H32F4N6O7/c1-36(2)23(40)8-6-5-7-22(46-28(45)37(3)4)25(41)35-21-14-34-16-38(26(21)42)15-20-13-18-12-19(30)11-17(9-10-29(31,32)33)24(18)39(20)27(43)44/h6,8,11-14,16,22H,5,7,9-10,15H2,1-4H3,(H,35,41)(H,43,44)/b8-6+. The zero-order valence-electron chi connectivity index (χ0n) is 25.3. The van der Waals surface area contributed by atoms with Gasteiger partial charge < -0.3 is 25.0 Å². The van der Waals surface area contributed by atoms with Gasteiger partial charge in [0.25, 0.3) is 11.5 Å². The molecule has 0 fully saturated rings. The Hall–Kier alpha value is -5.22. The fraction of sp³-hybridized carbons (Fsp3) is 0.379. The number of aromatic nitrogens is 3. The van der Waals surface area contributed by atoms with Crippen LogP contribution in [0.3, 0.4) is 0 Å². The fourth-order valence-electron chi connectivity index (χ4n) is 4.34. The highest BCUT2D eigenvalue weighted by Crippen LogP contribution is 2.29. The largest absolute Gasteiger partial charge is 0.464 e. The van der Waals surface area contributed by atoms with Gasteiger partial charge in [0.15, 0.2) is 6.10 Å². The molecule has 0 aliphatic heterocycles. The van der Waals surface area contributed by atoms with Crippen molar-refractivity contribution in [3.63, 3.8) is 0 Å². The average Bonchev–Trinajstić information content (AvgIpc) is 3.32. The number of aryl methyl sites for hydroxylation is 1. The lowest BCUT2D eigenvalue weighted by Crippen LogP contribution is -2.37. The number of carboxylic acid groups (broad SMARTS) is 1. The first-order valence-electron chi connectivity index (χ1n) is 13.7. The molecular weight excluding hydrogens is 620 g/mol. The highest BCUT2D eigenvalue weighted by Gasteiger charge is 2.29. The lowest BCUT2D eigenvalue weighted by atomic mass is 10.1. The van der Waals surface area contributed by atoms with Gasteiger partial charge in [0.2, 0.25) is 5.91 Å². The van der Waals surface area contributed by atoms with Gasteiger partial charge in [-0.2, -0.15) is 13.2 Å². The predicted octanol–water partition coefficient (Wildman–Crippen LogP) is 3.84. The van der Waals surface area contributed by atoms with E-state index in [2.05, 4.69) is 10.3 Å². The van der Waals surface area contributed by atoms with Crippen LogP contribution in [0.4, 0.5) is 32.8 Å². The molecule has 1 atom stereocenters. The third-order valence-corrected chi connectivity index (χ3v) is 6.57. The van der Waals surface area contributed by atoms with Crippen LogP contribution in [0.15, 0.2) is 47.7 Å². The summed E-state index contributed by atoms with van der Waals surface area (Å²) >= 11 is 0. The third-order valence-electron chi connectivity index (χ3n) is 6.57. The van der Waals surface area contributed by atoms with Crippen LogP contribution in [0, 0.1) is 5.82 Å². The molecule has 0 saturated heterocycles. The zero-order chi connectivity index (χ0) is 34.3. The molecule has 17 heteroatoms. The summed E-state index contributed by atoms with van der Waals surface area (Å²) in [5, 5.41) is 12.3. The molecule has 3 rings (SSSR count). The van der Waals surface area contributed by atoms with Crippen LogP contribution in [0.25, 0.3) is 10.9 Å². The van der Waals surface area contributed by atoms with Gasteiger partial charge >= 0.3 is 18.4 Å². The number of nitrogens with one attached hydrogen (secondary N) is 1. The fourth-order valence-corrected chi connectivity index (χ4v) is 4.34. The van der Waals surface area contributed by atoms with Crippen LogP contribution in [-0.2, 0) is 27.3 Å². The minimum Gasteiger partial charge on any atom is -0.464 e. The van der Waals surface area contributed by atoms with Crippen LogP contribution in [0.5, 0.6) is 0 Å². The molecule has 0 spiro atoms. The number of allylic oxidation sites excluding steroid dienone is 1. The summed E-state index contributed by atoms with van der Waals surface area (Å²) in [6.07, 6.45) is -5.43. The minimum atomic E-state index is -4.57. The molecule has 0 radical (unpaired) electrons. The predicted molar refractivity (Wildman–Crippen MR) is 157 cm³/mol. The molecule has 1 aromatic carbocycles. The summed E-state index contributed by atoms with van der Waals surface area (Å²) in [6.45, 7) is -0.472. The van der Waals surface area contributed by atoms with Gasteiger partial charge in [0.05, 0.1) is 30.3 Å². The number of fused-ring (bicyclic) bond motifs is 1. The summed E-state index contributed by atoms with van der Waals surface area (Å²) in [6, 6.07) is 3.02. The van der Waals surface area contributed by atoms with Crippen molar-refractivity contribution in [2.45, 2.75) is 44.5 Å². The Kier molecular flexibility index (Phi) is 11.3. The van der Waals surface area contributed by atoms with Gasteiger partial charge in [-0.05, 0) is 49.1 Å². The molecule has 2 heterocycles. The van der Waals surface area contributed by atoms with E-state index in [-0.39, 0.29) is 46.6 Å². The SMILES string of the molecule is CN(C)C(=O)/C=C/CCC(OC(=O)N(C)C)C(=O)Nc1cncn(Cc2cc3cc(F)cc(CCC(F)(F)F)c3n2C(=O)O)c1=O. The number of anilines is 1. The van der Waals surface area contributed by atoms with Crippen molar-refractivity contribution in [3.8, 4) is 0 Å². The van der Waals surface area contributed by atoms with Gasteiger partial charge in [-0.1, -0.05) is 6.08 Å². The molecule has 2 N–H and O–H groups in total. The van der Waals surface area contributed by atoms with E-state index >= 15 is 0 Å². The number of ether oxygens (including phenoxy) is 1. The topological polar surface area (TPSA) is 156 Å². The number of amides is 3. The number of hydrogen-bond donors (Lipinski definition) is 2. The number of alkyl halides is 3. The molecule has 13 nitrogen and oxygen atoms in total. The number of halogens is 4. The number of rotatable bonds is 11. The Labute approximate surface area is 259 Å². The van der Waals surface area contributed by atoms with Crippen LogP contribution < -0.4 is 10.9 Å². The second-order valence-corrected chi connectivity index (χ2v) is 10.6. The van der Waals surface area contributed by atoms with Crippen molar-refractivity contribution in [3.05, 3.63) is 70.3 Å². The van der Waals surface area contributed by atoms with Gasteiger partial charge in [-0.25, -0.2) is 23.5 Å². The summed E-state index contributed by atoms with van der Waals surface area (Å²) in [7, 11) is 5.91. The number of hydrogen-bond acceptors (Lipinski definition) is 7. The van der Waals surface area contributed by atoms with E-state index in [1.54, 1.807) is 14.1 Å². The summed E-state index contributed by atoms with van der Waals surface area (Å²) in [5.74, 6) is -2.05. The molecule has 0 aliphatic carbocycles. The van der Waals surface area contributed by atoms with Crippen molar-refractivity contribution in [1.29, 1.82) is 0 Å². The number of benzene rings is 1. The van der Waals surface area contributed by atoms with Crippen molar-refractivity contribution >= 4 is 40.6 Å². The molecule has 0 bridgehead atoms. The second kappa shape index (κ2) is 14.7. The summed E-state index contributed by atoms with van der Waals surface area (Å²) in [5.41, 5.74) is -1.64. The number of nitrogens with zero attached hydrogens (tertiary/aromatic N) is 5. The van der Waals surface area contributed by atoms with Gasteiger partial charge in [0.1, 0.15) is 11.5 Å². The molecular formula is C29H32F4N6O7. The van der Waals surface area contributed by atoms with Crippen molar-refractivity contribution in [2.24, 2.45) is 0 Å². The Balaban J connectivity index is 1.91. The van der Waals surface area contributed by atoms with E-state index in [9.17, 15) is 46.6 Å². The Bertz CT molecular complexity index is 1710. The third kappa shape index (κ3) is 9.15. The molecule has 2 aromatic heterocycles. The maximum atomic E-state index is 14.3. The summed E-state index contributed by atoms with van der Waals surface area (Å²) < 4.78 is 59.9. The lowest BCUT2D eigenvalue weighted by Gasteiger charge is -2.19. The van der Waals surface area contributed by atoms with E-state index in [0.29, 0.717) is 4.57 Å². The molecule has 0 aliphatic rings. The molecule has 3 aromatic rings. The smallest absolute Gasteiger partial charge is 0.416 e. The molecule has 3 amide bonds. The monoisotopic (exact) mass is 652 g/mol. The highest BCUT2D eigenvalue weighted by molar-refractivity contribution is 5.95. The van der Waals surface area contributed by atoms with E-state index in [0.717, 1.165) is 34.1 Å². The molecule has 248 valence electrons.